The van der Waals surface area contributed by atoms with Gasteiger partial charge in [-0.2, -0.15) is 26.3 Å². The monoisotopic (exact) mass is 601 g/mol. The second kappa shape index (κ2) is 9.41. The van der Waals surface area contributed by atoms with Crippen molar-refractivity contribution in [2.45, 2.75) is 43.2 Å². The predicted molar refractivity (Wildman–Crippen MR) is 124 cm³/mol. The highest BCUT2D eigenvalue weighted by molar-refractivity contribution is 9.10. The number of hydrogen-bond donors (Lipinski definition) is 1. The van der Waals surface area contributed by atoms with Crippen LogP contribution in [0.2, 0.25) is 0 Å². The van der Waals surface area contributed by atoms with E-state index in [4.69, 9.17) is 0 Å². The zero-order chi connectivity index (χ0) is 26.4. The minimum absolute atomic E-state index is 0.0267. The molecular weight excluding hydrogens is 584 g/mol. The Kier molecular flexibility index (Phi) is 7.40. The van der Waals surface area contributed by atoms with Crippen molar-refractivity contribution in [3.63, 3.8) is 0 Å². The first-order valence-corrected chi connectivity index (χ1v) is 12.8. The van der Waals surface area contributed by atoms with Crippen LogP contribution in [-0.4, -0.2) is 25.9 Å². The first kappa shape index (κ1) is 27.5. The fourth-order valence-corrected chi connectivity index (χ4v) is 6.88. The summed E-state index contributed by atoms with van der Waals surface area (Å²) in [5, 5.41) is 9.64. The summed E-state index contributed by atoms with van der Waals surface area (Å²) >= 11 is 4.51. The summed E-state index contributed by atoms with van der Waals surface area (Å²) in [6.45, 7) is 3.05. The molecule has 3 aromatic rings. The minimum atomic E-state index is -6.06. The molecule has 13 heteroatoms. The van der Waals surface area contributed by atoms with Crippen LogP contribution < -0.4 is 4.31 Å². The topological polar surface area (TPSA) is 57.6 Å². The van der Waals surface area contributed by atoms with Gasteiger partial charge in [-0.1, -0.05) is 40.2 Å². The summed E-state index contributed by atoms with van der Waals surface area (Å²) in [5.41, 5.74) is -6.26. The van der Waals surface area contributed by atoms with Crippen LogP contribution in [0.15, 0.2) is 64.0 Å². The minimum Gasteiger partial charge on any atom is -0.369 e. The van der Waals surface area contributed by atoms with Crippen molar-refractivity contribution in [1.82, 2.24) is 0 Å². The first-order chi connectivity index (χ1) is 16.0. The maximum atomic E-state index is 13.6. The van der Waals surface area contributed by atoms with Crippen molar-refractivity contribution < 1.29 is 39.9 Å². The molecule has 2 aromatic carbocycles. The molecule has 0 bridgehead atoms. The largest absolute Gasteiger partial charge is 0.430 e. The third kappa shape index (κ3) is 5.23. The van der Waals surface area contributed by atoms with Gasteiger partial charge in [-0.05, 0) is 49.7 Å². The highest BCUT2D eigenvalue weighted by atomic mass is 79.9. The molecule has 0 aliphatic carbocycles. The van der Waals surface area contributed by atoms with Crippen molar-refractivity contribution in [1.29, 1.82) is 0 Å². The maximum absolute atomic E-state index is 13.6. The van der Waals surface area contributed by atoms with Gasteiger partial charge in [-0.15, -0.1) is 11.3 Å². The average molecular weight is 602 g/mol. The number of thiophene rings is 1. The van der Waals surface area contributed by atoms with Crippen LogP contribution in [0.5, 0.6) is 0 Å². The molecule has 0 amide bonds. The maximum Gasteiger partial charge on any atom is 0.430 e. The van der Waals surface area contributed by atoms with Gasteiger partial charge in [0.05, 0.1) is 12.2 Å². The molecule has 1 aromatic heterocycles. The number of alkyl halides is 6. The van der Waals surface area contributed by atoms with E-state index in [1.807, 2.05) is 0 Å². The number of aryl methyl sites for hydroxylation is 2. The van der Waals surface area contributed by atoms with Gasteiger partial charge in [-0.25, -0.2) is 8.42 Å². The SMILES string of the molecule is Cc1cc(S(=O)(=O)N(Cc2cccc(Br)c2)c2ccc(C(O)(C(F)(F)F)C(F)(F)F)cc2)c(C)s1. The molecule has 190 valence electrons. The van der Waals surface area contributed by atoms with Crippen molar-refractivity contribution in [2.75, 3.05) is 4.31 Å². The Hall–Kier alpha value is -2.09. The molecule has 0 spiro atoms. The summed E-state index contributed by atoms with van der Waals surface area (Å²) in [5.74, 6) is 0. The van der Waals surface area contributed by atoms with Gasteiger partial charge in [0.2, 0.25) is 0 Å². The van der Waals surface area contributed by atoms with Crippen LogP contribution in [0.4, 0.5) is 32.0 Å². The van der Waals surface area contributed by atoms with E-state index in [1.165, 1.54) is 17.4 Å². The Bertz CT molecular complexity index is 1300. The number of anilines is 1. The lowest BCUT2D eigenvalue weighted by molar-refractivity contribution is -0.376. The number of hydrogen-bond acceptors (Lipinski definition) is 4. The van der Waals surface area contributed by atoms with Crippen molar-refractivity contribution in [2.24, 2.45) is 0 Å². The summed E-state index contributed by atoms with van der Waals surface area (Å²) in [4.78, 5) is 1.15. The zero-order valence-corrected chi connectivity index (χ0v) is 21.3. The molecule has 3 rings (SSSR count). The molecule has 0 fully saturated rings. The smallest absolute Gasteiger partial charge is 0.369 e. The highest BCUT2D eigenvalue weighted by Gasteiger charge is 2.71. The lowest BCUT2D eigenvalue weighted by atomic mass is 9.92. The van der Waals surface area contributed by atoms with E-state index >= 15 is 0 Å². The van der Waals surface area contributed by atoms with Gasteiger partial charge in [0.25, 0.3) is 15.6 Å². The van der Waals surface area contributed by atoms with Crippen molar-refractivity contribution in [3.05, 3.63) is 80.0 Å². The Morgan fingerprint density at radius 1 is 0.943 bits per heavy atom. The van der Waals surface area contributed by atoms with Gasteiger partial charge < -0.3 is 5.11 Å². The normalized spacial score (nSPS) is 13.2. The van der Waals surface area contributed by atoms with E-state index < -0.39 is 33.5 Å². The zero-order valence-electron chi connectivity index (χ0n) is 18.1. The second-order valence-electron chi connectivity index (χ2n) is 7.67. The fraction of sp³-hybridized carbons (Fsp3) is 0.273. The van der Waals surface area contributed by atoms with Crippen LogP contribution in [0, 0.1) is 13.8 Å². The third-order valence-corrected chi connectivity index (χ3v) is 8.66. The molecule has 0 radical (unpaired) electrons. The van der Waals surface area contributed by atoms with Crippen LogP contribution >= 0.6 is 27.3 Å². The molecule has 0 atom stereocenters. The molecule has 0 saturated carbocycles. The number of halogens is 7. The van der Waals surface area contributed by atoms with Crippen molar-refractivity contribution >= 4 is 43.0 Å². The van der Waals surface area contributed by atoms with Gasteiger partial charge in [0.15, 0.2) is 0 Å². The standard InChI is InChI=1S/C22H18BrF6NO3S2/c1-13-10-19(14(2)34-13)35(32,33)30(12-15-4-3-5-17(23)11-15)18-8-6-16(7-9-18)20(31,21(24,25)26)22(27,28)29/h3-11,31H,12H2,1-2H3. The van der Waals surface area contributed by atoms with Crippen LogP contribution in [0.3, 0.4) is 0 Å². The Balaban J connectivity index is 2.15. The lowest BCUT2D eigenvalue weighted by Crippen LogP contribution is -2.53. The predicted octanol–water partition coefficient (Wildman–Crippen LogP) is 6.84. The van der Waals surface area contributed by atoms with E-state index in [0.717, 1.165) is 16.4 Å². The fourth-order valence-electron chi connectivity index (χ4n) is 3.46. The Morgan fingerprint density at radius 3 is 1.97 bits per heavy atom. The number of rotatable bonds is 6. The quantitative estimate of drug-likeness (QED) is 0.315. The van der Waals surface area contributed by atoms with E-state index in [9.17, 15) is 39.9 Å². The van der Waals surface area contributed by atoms with E-state index in [2.05, 4.69) is 15.9 Å². The van der Waals surface area contributed by atoms with Crippen LogP contribution in [-0.2, 0) is 22.2 Å². The summed E-state index contributed by atoms with van der Waals surface area (Å²) < 4.78 is 108. The van der Waals surface area contributed by atoms with Gasteiger partial charge in [-0.3, -0.25) is 4.31 Å². The van der Waals surface area contributed by atoms with E-state index in [1.54, 1.807) is 38.1 Å². The number of nitrogens with zero attached hydrogens (tertiary/aromatic N) is 1. The number of benzene rings is 2. The first-order valence-electron chi connectivity index (χ1n) is 9.79. The second-order valence-corrected chi connectivity index (χ2v) is 11.9. The summed E-state index contributed by atoms with van der Waals surface area (Å²) in [6, 6.07) is 10.5. The molecule has 35 heavy (non-hydrogen) atoms. The van der Waals surface area contributed by atoms with E-state index in [-0.39, 0.29) is 17.1 Å². The van der Waals surface area contributed by atoms with E-state index in [0.29, 0.717) is 31.9 Å². The third-order valence-electron chi connectivity index (χ3n) is 5.17. The Labute approximate surface area is 210 Å². The summed E-state index contributed by atoms with van der Waals surface area (Å²) in [7, 11) is -4.26. The molecule has 0 saturated heterocycles. The molecule has 0 unspecified atom stereocenters. The van der Waals surface area contributed by atoms with Gasteiger partial charge in [0, 0.05) is 19.8 Å². The molecule has 1 N–H and O–H groups in total. The molecule has 4 nitrogen and oxygen atoms in total. The van der Waals surface area contributed by atoms with Crippen LogP contribution in [0.25, 0.3) is 0 Å². The van der Waals surface area contributed by atoms with Gasteiger partial charge >= 0.3 is 12.4 Å². The highest BCUT2D eigenvalue weighted by Crippen LogP contribution is 2.50. The van der Waals surface area contributed by atoms with Crippen molar-refractivity contribution in [3.8, 4) is 0 Å². The molecule has 0 aliphatic heterocycles. The van der Waals surface area contributed by atoms with Crippen LogP contribution in [0.1, 0.15) is 20.9 Å². The van der Waals surface area contributed by atoms with Gasteiger partial charge in [0.1, 0.15) is 4.90 Å². The lowest BCUT2D eigenvalue weighted by Gasteiger charge is -2.33. The molecular formula is C22H18BrF6NO3S2. The summed E-state index contributed by atoms with van der Waals surface area (Å²) in [6.07, 6.45) is -12.1. The number of aliphatic hydroxyl groups is 1. The number of sulfonamides is 1. The Morgan fingerprint density at radius 2 is 1.51 bits per heavy atom. The molecule has 0 aliphatic rings. The molecule has 1 heterocycles. The average Bonchev–Trinajstić information content (AvgIpc) is 3.08.